The van der Waals surface area contributed by atoms with E-state index >= 15 is 0 Å². The number of Topliss-reactive ketones (excluding diaryl/α,β-unsaturated/α-hetero) is 1. The lowest BCUT2D eigenvalue weighted by Gasteiger charge is -2.44. The van der Waals surface area contributed by atoms with Crippen molar-refractivity contribution < 1.29 is 47.7 Å². The second kappa shape index (κ2) is 13.5. The number of esters is 4. The highest BCUT2D eigenvalue weighted by atomic mass is 35.5. The minimum absolute atomic E-state index is 0.0461. The van der Waals surface area contributed by atoms with E-state index in [1.807, 2.05) is 12.1 Å². The fourth-order valence-electron chi connectivity index (χ4n) is 4.48. The average Bonchev–Trinajstić information content (AvgIpc) is 2.86. The molecule has 1 heterocycles. The van der Waals surface area contributed by atoms with Gasteiger partial charge in [-0.2, -0.15) is 0 Å². The quantitative estimate of drug-likeness (QED) is 0.246. The minimum Gasteiger partial charge on any atom is -0.463 e. The van der Waals surface area contributed by atoms with Gasteiger partial charge in [-0.25, -0.2) is 0 Å². The fraction of sp³-hybridized carbons (Fsp3) is 0.414. The lowest BCUT2D eigenvalue weighted by molar-refractivity contribution is -0.254. The molecule has 214 valence electrons. The Kier molecular flexibility index (Phi) is 10.4. The van der Waals surface area contributed by atoms with Gasteiger partial charge in [0.1, 0.15) is 18.8 Å². The Morgan fingerprint density at radius 1 is 0.750 bits per heavy atom. The van der Waals surface area contributed by atoms with E-state index in [0.717, 1.165) is 12.5 Å². The molecule has 2 aromatic carbocycles. The molecular formula is C29H31ClO10. The molecule has 11 heteroatoms. The molecule has 0 aromatic heterocycles. The summed E-state index contributed by atoms with van der Waals surface area (Å²) in [6.45, 7) is 5.89. The maximum Gasteiger partial charge on any atom is 0.303 e. The van der Waals surface area contributed by atoms with Gasteiger partial charge in [0.2, 0.25) is 0 Å². The summed E-state index contributed by atoms with van der Waals surface area (Å²) in [5.41, 5.74) is 2.71. The van der Waals surface area contributed by atoms with Crippen LogP contribution in [0.3, 0.4) is 0 Å². The number of carbonyl (C=O) groups excluding carboxylic acids is 5. The number of hydrogen-bond acceptors (Lipinski definition) is 10. The summed E-state index contributed by atoms with van der Waals surface area (Å²) in [5, 5.41) is 0.463. The average molecular weight is 575 g/mol. The van der Waals surface area contributed by atoms with Gasteiger partial charge in [0, 0.05) is 38.3 Å². The summed E-state index contributed by atoms with van der Waals surface area (Å²) >= 11 is 6.51. The first kappa shape index (κ1) is 30.8. The fourth-order valence-corrected chi connectivity index (χ4v) is 4.67. The molecule has 0 aliphatic carbocycles. The molecule has 0 amide bonds. The molecule has 2 aromatic rings. The van der Waals surface area contributed by atoms with E-state index in [1.165, 1.54) is 27.7 Å². The third-order valence-electron chi connectivity index (χ3n) is 6.14. The van der Waals surface area contributed by atoms with Gasteiger partial charge in [0.15, 0.2) is 24.1 Å². The molecular weight excluding hydrogens is 544 g/mol. The first-order chi connectivity index (χ1) is 18.8. The summed E-state index contributed by atoms with van der Waals surface area (Å²) in [6, 6.07) is 12.2. The van der Waals surface area contributed by atoms with Crippen molar-refractivity contribution in [3.63, 3.8) is 0 Å². The summed E-state index contributed by atoms with van der Waals surface area (Å²) in [5.74, 6) is -2.75. The molecule has 0 bridgehead atoms. The van der Waals surface area contributed by atoms with Crippen molar-refractivity contribution in [2.24, 2.45) is 0 Å². The maximum atomic E-state index is 12.1. The zero-order chi connectivity index (χ0) is 29.6. The summed E-state index contributed by atoms with van der Waals surface area (Å²) in [4.78, 5) is 59.4. The molecule has 0 spiro atoms. The van der Waals surface area contributed by atoms with Gasteiger partial charge in [-0.3, -0.25) is 24.0 Å². The summed E-state index contributed by atoms with van der Waals surface area (Å²) in [6.07, 6.45) is -5.40. The smallest absolute Gasteiger partial charge is 0.303 e. The largest absolute Gasteiger partial charge is 0.463 e. The molecule has 0 saturated carbocycles. The minimum atomic E-state index is -1.28. The molecule has 0 N–H and O–H groups in total. The predicted molar refractivity (Wildman–Crippen MR) is 142 cm³/mol. The van der Waals surface area contributed by atoms with Crippen LogP contribution in [0.1, 0.15) is 67.8 Å². The van der Waals surface area contributed by atoms with Gasteiger partial charge in [-0.1, -0.05) is 48.0 Å². The maximum absolute atomic E-state index is 12.1. The van der Waals surface area contributed by atoms with Crippen molar-refractivity contribution in [1.29, 1.82) is 0 Å². The van der Waals surface area contributed by atoms with Gasteiger partial charge in [-0.15, -0.1) is 0 Å². The molecule has 1 fully saturated rings. The van der Waals surface area contributed by atoms with E-state index in [9.17, 15) is 24.0 Å². The third-order valence-corrected chi connectivity index (χ3v) is 6.51. The SMILES string of the molecule is CC(=O)OC[C@H]1O[C@@H](c2ccc(Cl)c(Cc3ccc(C(C)=O)cc3)c2)[C@H](OC(C)=O)[C@@H](OC(C)=O)[C@@H]1OC(C)=O. The van der Waals surface area contributed by atoms with E-state index in [-0.39, 0.29) is 12.4 Å². The van der Waals surface area contributed by atoms with E-state index in [2.05, 4.69) is 0 Å². The lowest BCUT2D eigenvalue weighted by atomic mass is 9.89. The predicted octanol–water partition coefficient (Wildman–Crippen LogP) is 3.93. The van der Waals surface area contributed by atoms with E-state index < -0.39 is 54.4 Å². The highest BCUT2D eigenvalue weighted by molar-refractivity contribution is 6.31. The standard InChI is InChI=1S/C29H31ClO10/c1-15(31)21-8-6-20(7-9-21)12-23-13-22(10-11-24(23)30)26-28(38-18(4)34)29(39-19(5)35)27(37-17(3)33)25(40-26)14-36-16(2)32/h6-11,13,25-29H,12,14H2,1-5H3/t25-,26+,27-,28+,29+/m1/s1. The number of ether oxygens (including phenoxy) is 5. The molecule has 1 aliphatic rings. The van der Waals surface area contributed by atoms with Crippen LogP contribution < -0.4 is 0 Å². The highest BCUT2D eigenvalue weighted by Crippen LogP contribution is 2.39. The van der Waals surface area contributed by atoms with Crippen molar-refractivity contribution in [3.05, 3.63) is 69.7 Å². The first-order valence-electron chi connectivity index (χ1n) is 12.5. The van der Waals surface area contributed by atoms with E-state index in [1.54, 1.807) is 30.3 Å². The molecule has 5 atom stereocenters. The summed E-state index contributed by atoms with van der Waals surface area (Å²) in [7, 11) is 0. The first-order valence-corrected chi connectivity index (χ1v) is 12.9. The van der Waals surface area contributed by atoms with Gasteiger partial charge in [0.25, 0.3) is 0 Å². The molecule has 0 unspecified atom stereocenters. The van der Waals surface area contributed by atoms with Gasteiger partial charge in [-0.05, 0) is 36.1 Å². The van der Waals surface area contributed by atoms with Crippen LogP contribution in [0.2, 0.25) is 5.02 Å². The van der Waals surface area contributed by atoms with Gasteiger partial charge < -0.3 is 23.7 Å². The zero-order valence-corrected chi connectivity index (χ0v) is 23.6. The number of benzene rings is 2. The van der Waals surface area contributed by atoms with Gasteiger partial charge >= 0.3 is 23.9 Å². The van der Waals surface area contributed by atoms with Crippen molar-refractivity contribution in [1.82, 2.24) is 0 Å². The van der Waals surface area contributed by atoms with Crippen LogP contribution >= 0.6 is 11.6 Å². The second-order valence-corrected chi connectivity index (χ2v) is 9.81. The Bertz CT molecular complexity index is 1270. The van der Waals surface area contributed by atoms with Crippen molar-refractivity contribution in [3.8, 4) is 0 Å². The number of carbonyl (C=O) groups is 5. The van der Waals surface area contributed by atoms with Crippen LogP contribution in [0, 0.1) is 0 Å². The van der Waals surface area contributed by atoms with Crippen LogP contribution in [-0.2, 0) is 49.3 Å². The second-order valence-electron chi connectivity index (χ2n) is 9.40. The van der Waals surface area contributed by atoms with Crippen LogP contribution in [0.4, 0.5) is 0 Å². The molecule has 1 aliphatic heterocycles. The van der Waals surface area contributed by atoms with Crippen LogP contribution in [-0.4, -0.2) is 60.7 Å². The third kappa shape index (κ3) is 8.12. The van der Waals surface area contributed by atoms with Crippen LogP contribution in [0.5, 0.6) is 0 Å². The Morgan fingerprint density at radius 2 is 1.32 bits per heavy atom. The van der Waals surface area contributed by atoms with E-state index in [4.69, 9.17) is 35.3 Å². The number of rotatable bonds is 9. The molecule has 40 heavy (non-hydrogen) atoms. The lowest BCUT2D eigenvalue weighted by Crippen LogP contribution is -2.59. The van der Waals surface area contributed by atoms with Crippen LogP contribution in [0.15, 0.2) is 42.5 Å². The summed E-state index contributed by atoms with van der Waals surface area (Å²) < 4.78 is 27.9. The number of ketones is 1. The van der Waals surface area contributed by atoms with Crippen LogP contribution in [0.25, 0.3) is 0 Å². The Morgan fingerprint density at radius 3 is 1.88 bits per heavy atom. The monoisotopic (exact) mass is 574 g/mol. The molecule has 0 radical (unpaired) electrons. The number of halogens is 1. The molecule has 10 nitrogen and oxygen atoms in total. The topological polar surface area (TPSA) is 132 Å². The molecule has 3 rings (SSSR count). The Labute approximate surface area is 236 Å². The van der Waals surface area contributed by atoms with Gasteiger partial charge in [0.05, 0.1) is 0 Å². The van der Waals surface area contributed by atoms with Crippen molar-refractivity contribution in [2.45, 2.75) is 71.6 Å². The highest BCUT2D eigenvalue weighted by Gasteiger charge is 2.52. The van der Waals surface area contributed by atoms with Crippen molar-refractivity contribution >= 4 is 41.3 Å². The zero-order valence-electron chi connectivity index (χ0n) is 22.8. The van der Waals surface area contributed by atoms with E-state index in [0.29, 0.717) is 28.1 Å². The van der Waals surface area contributed by atoms with Crippen molar-refractivity contribution in [2.75, 3.05) is 6.61 Å². The molecule has 1 saturated heterocycles. The Balaban J connectivity index is 2.05. The number of hydrogen-bond donors (Lipinski definition) is 0. The normalized spacial score (nSPS) is 22.1. The Hall–Kier alpha value is -3.76.